The number of carbonyl (C=O) groups excluding carboxylic acids is 1. The zero-order chi connectivity index (χ0) is 16.1. The summed E-state index contributed by atoms with van der Waals surface area (Å²) in [7, 11) is 0. The van der Waals surface area contributed by atoms with Gasteiger partial charge in [-0.05, 0) is 36.5 Å². The van der Waals surface area contributed by atoms with Crippen molar-refractivity contribution in [2.24, 2.45) is 5.92 Å². The minimum Gasteiger partial charge on any atom is -0.379 e. The molecule has 1 aromatic rings. The van der Waals surface area contributed by atoms with Crippen LogP contribution in [-0.2, 0) is 4.74 Å². The SMILES string of the molecule is O=C(NCCN1CCOCC1)NC(c1ccc(F)cc1)C1CC1. The average Bonchev–Trinajstić information content (AvgIpc) is 3.39. The largest absolute Gasteiger partial charge is 0.379 e. The molecule has 1 saturated carbocycles. The first-order chi connectivity index (χ1) is 11.2. The van der Waals surface area contributed by atoms with Crippen molar-refractivity contribution in [3.05, 3.63) is 35.6 Å². The highest BCUT2D eigenvalue weighted by Gasteiger charge is 2.33. The molecular weight excluding hydrogens is 297 g/mol. The molecule has 5 nitrogen and oxygen atoms in total. The number of carbonyl (C=O) groups is 1. The fourth-order valence-electron chi connectivity index (χ4n) is 2.92. The lowest BCUT2D eigenvalue weighted by atomic mass is 10.0. The summed E-state index contributed by atoms with van der Waals surface area (Å²) < 4.78 is 18.4. The Morgan fingerprint density at radius 2 is 1.96 bits per heavy atom. The van der Waals surface area contributed by atoms with Gasteiger partial charge in [0.05, 0.1) is 19.3 Å². The number of nitrogens with one attached hydrogen (secondary N) is 2. The third kappa shape index (κ3) is 4.91. The second-order valence-corrected chi connectivity index (χ2v) is 6.22. The van der Waals surface area contributed by atoms with Crippen molar-refractivity contribution in [3.63, 3.8) is 0 Å². The van der Waals surface area contributed by atoms with Gasteiger partial charge in [-0.15, -0.1) is 0 Å². The van der Waals surface area contributed by atoms with Crippen molar-refractivity contribution in [1.29, 1.82) is 0 Å². The molecule has 6 heteroatoms. The first kappa shape index (κ1) is 16.2. The van der Waals surface area contributed by atoms with Crippen LogP contribution in [0.1, 0.15) is 24.4 Å². The van der Waals surface area contributed by atoms with Crippen molar-refractivity contribution in [3.8, 4) is 0 Å². The first-order valence-electron chi connectivity index (χ1n) is 8.32. The van der Waals surface area contributed by atoms with Crippen LogP contribution in [0.2, 0.25) is 0 Å². The van der Waals surface area contributed by atoms with E-state index in [4.69, 9.17) is 4.74 Å². The van der Waals surface area contributed by atoms with Crippen molar-refractivity contribution in [1.82, 2.24) is 15.5 Å². The summed E-state index contributed by atoms with van der Waals surface area (Å²) in [5, 5.41) is 5.95. The highest BCUT2D eigenvalue weighted by molar-refractivity contribution is 5.74. The maximum Gasteiger partial charge on any atom is 0.315 e. The number of nitrogens with zero attached hydrogens (tertiary/aromatic N) is 1. The van der Waals surface area contributed by atoms with Gasteiger partial charge >= 0.3 is 6.03 Å². The third-order valence-electron chi connectivity index (χ3n) is 4.43. The Hall–Kier alpha value is -1.66. The summed E-state index contributed by atoms with van der Waals surface area (Å²) in [5.74, 6) is 0.212. The van der Waals surface area contributed by atoms with Crippen molar-refractivity contribution in [2.45, 2.75) is 18.9 Å². The van der Waals surface area contributed by atoms with Crippen LogP contribution in [-0.4, -0.2) is 50.3 Å². The Bertz CT molecular complexity index is 513. The normalized spacial score (nSPS) is 20.0. The Morgan fingerprint density at radius 3 is 2.61 bits per heavy atom. The molecule has 1 atom stereocenters. The smallest absolute Gasteiger partial charge is 0.315 e. The second kappa shape index (κ2) is 7.75. The molecule has 2 N–H and O–H groups in total. The molecule has 2 amide bonds. The molecule has 1 unspecified atom stereocenters. The van der Waals surface area contributed by atoms with E-state index in [-0.39, 0.29) is 17.9 Å². The molecule has 0 radical (unpaired) electrons. The fraction of sp³-hybridized carbons (Fsp3) is 0.588. The minimum absolute atomic E-state index is 0.0287. The molecule has 0 aromatic heterocycles. The zero-order valence-corrected chi connectivity index (χ0v) is 13.3. The van der Waals surface area contributed by atoms with Crippen LogP contribution in [0.5, 0.6) is 0 Å². The van der Waals surface area contributed by atoms with Gasteiger partial charge in [-0.25, -0.2) is 9.18 Å². The molecular formula is C17H24FN3O2. The predicted octanol–water partition coefficient (Wildman–Crippen LogP) is 1.91. The molecule has 1 aliphatic heterocycles. The van der Waals surface area contributed by atoms with Crippen LogP contribution in [0.15, 0.2) is 24.3 Å². The number of benzene rings is 1. The van der Waals surface area contributed by atoms with Crippen LogP contribution >= 0.6 is 0 Å². The van der Waals surface area contributed by atoms with Gasteiger partial charge < -0.3 is 15.4 Å². The first-order valence-corrected chi connectivity index (χ1v) is 8.32. The van der Waals surface area contributed by atoms with Crippen molar-refractivity contribution < 1.29 is 13.9 Å². The van der Waals surface area contributed by atoms with Crippen molar-refractivity contribution >= 4 is 6.03 Å². The molecule has 126 valence electrons. The maximum absolute atomic E-state index is 13.1. The van der Waals surface area contributed by atoms with Crippen LogP contribution in [0.25, 0.3) is 0 Å². The molecule has 23 heavy (non-hydrogen) atoms. The summed E-state index contributed by atoms with van der Waals surface area (Å²) in [5.41, 5.74) is 0.970. The number of halogens is 1. The standard InChI is InChI=1S/C17H24FN3O2/c18-15-5-3-14(4-6-15)16(13-1-2-13)20-17(22)19-7-8-21-9-11-23-12-10-21/h3-6,13,16H,1-2,7-12H2,(H2,19,20,22). The third-order valence-corrected chi connectivity index (χ3v) is 4.43. The number of ether oxygens (including phenoxy) is 1. The molecule has 2 aliphatic rings. The molecule has 1 aromatic carbocycles. The second-order valence-electron chi connectivity index (χ2n) is 6.22. The van der Waals surface area contributed by atoms with E-state index in [1.54, 1.807) is 12.1 Å². The Balaban J connectivity index is 1.45. The van der Waals surface area contributed by atoms with E-state index in [0.29, 0.717) is 12.5 Å². The molecule has 3 rings (SSSR count). The number of hydrogen-bond donors (Lipinski definition) is 2. The number of amides is 2. The molecule has 1 aliphatic carbocycles. The van der Waals surface area contributed by atoms with Gasteiger partial charge in [0.1, 0.15) is 5.82 Å². The molecule has 1 heterocycles. The Labute approximate surface area is 136 Å². The van der Waals surface area contributed by atoms with Crippen LogP contribution < -0.4 is 10.6 Å². The number of rotatable bonds is 6. The topological polar surface area (TPSA) is 53.6 Å². The van der Waals surface area contributed by atoms with Gasteiger partial charge in [0.2, 0.25) is 0 Å². The van der Waals surface area contributed by atoms with Gasteiger partial charge in [0.15, 0.2) is 0 Å². The lowest BCUT2D eigenvalue weighted by Gasteiger charge is -2.26. The van der Waals surface area contributed by atoms with Crippen molar-refractivity contribution in [2.75, 3.05) is 39.4 Å². The van der Waals surface area contributed by atoms with E-state index in [0.717, 1.165) is 51.3 Å². The van der Waals surface area contributed by atoms with Gasteiger partial charge in [-0.1, -0.05) is 12.1 Å². The van der Waals surface area contributed by atoms with E-state index in [1.165, 1.54) is 12.1 Å². The number of morpholine rings is 1. The summed E-state index contributed by atoms with van der Waals surface area (Å²) in [4.78, 5) is 14.4. The summed E-state index contributed by atoms with van der Waals surface area (Å²) in [6, 6.07) is 6.22. The van der Waals surface area contributed by atoms with Gasteiger partial charge in [-0.3, -0.25) is 4.90 Å². The number of urea groups is 1. The maximum atomic E-state index is 13.1. The monoisotopic (exact) mass is 321 g/mol. The van der Waals surface area contributed by atoms with Crippen LogP contribution in [0, 0.1) is 11.7 Å². The van der Waals surface area contributed by atoms with Crippen LogP contribution in [0.4, 0.5) is 9.18 Å². The summed E-state index contributed by atoms with van der Waals surface area (Å²) in [6.45, 7) is 4.82. The molecule has 0 spiro atoms. The Morgan fingerprint density at radius 1 is 1.26 bits per heavy atom. The molecule has 1 saturated heterocycles. The average molecular weight is 321 g/mol. The van der Waals surface area contributed by atoms with E-state index >= 15 is 0 Å². The summed E-state index contributed by atoms with van der Waals surface area (Å²) >= 11 is 0. The van der Waals surface area contributed by atoms with E-state index in [9.17, 15) is 9.18 Å². The predicted molar refractivity (Wildman–Crippen MR) is 85.7 cm³/mol. The van der Waals surface area contributed by atoms with Crippen LogP contribution in [0.3, 0.4) is 0 Å². The molecule has 0 bridgehead atoms. The zero-order valence-electron chi connectivity index (χ0n) is 13.3. The highest BCUT2D eigenvalue weighted by atomic mass is 19.1. The number of hydrogen-bond acceptors (Lipinski definition) is 3. The lowest BCUT2D eigenvalue weighted by Crippen LogP contribution is -2.44. The van der Waals surface area contributed by atoms with E-state index < -0.39 is 0 Å². The van der Waals surface area contributed by atoms with Gasteiger partial charge in [-0.2, -0.15) is 0 Å². The van der Waals surface area contributed by atoms with Gasteiger partial charge in [0, 0.05) is 26.2 Å². The Kier molecular flexibility index (Phi) is 5.46. The minimum atomic E-state index is -0.252. The fourth-order valence-corrected chi connectivity index (χ4v) is 2.92. The molecule has 2 fully saturated rings. The lowest BCUT2D eigenvalue weighted by molar-refractivity contribution is 0.0387. The van der Waals surface area contributed by atoms with E-state index in [2.05, 4.69) is 15.5 Å². The summed E-state index contributed by atoms with van der Waals surface area (Å²) in [6.07, 6.45) is 2.21. The highest BCUT2D eigenvalue weighted by Crippen LogP contribution is 2.40. The quantitative estimate of drug-likeness (QED) is 0.841. The van der Waals surface area contributed by atoms with E-state index in [1.807, 2.05) is 0 Å². The van der Waals surface area contributed by atoms with Gasteiger partial charge in [0.25, 0.3) is 0 Å².